The minimum atomic E-state index is -0.353. The second kappa shape index (κ2) is 4.29. The van der Waals surface area contributed by atoms with Crippen LogP contribution in [-0.2, 0) is 6.54 Å². The van der Waals surface area contributed by atoms with E-state index in [1.54, 1.807) is 24.3 Å². The Morgan fingerprint density at radius 1 is 1.05 bits per heavy atom. The molecule has 2 heterocycles. The van der Waals surface area contributed by atoms with Crippen molar-refractivity contribution in [1.29, 1.82) is 0 Å². The molecule has 1 aliphatic heterocycles. The molecule has 1 aliphatic rings. The Hall–Kier alpha value is -2.53. The summed E-state index contributed by atoms with van der Waals surface area (Å²) in [4.78, 5) is 29.7. The van der Waals surface area contributed by atoms with Crippen molar-refractivity contribution in [2.24, 2.45) is 5.73 Å². The van der Waals surface area contributed by atoms with Gasteiger partial charge in [-0.05, 0) is 17.7 Å². The van der Waals surface area contributed by atoms with Crippen molar-refractivity contribution >= 4 is 17.5 Å². The SMILES string of the molecule is NCc1ccccc1N1C(=O)c2ccncc2C1=O. The number of pyridine rings is 1. The zero-order chi connectivity index (χ0) is 13.4. The third-order valence-corrected chi connectivity index (χ3v) is 3.14. The van der Waals surface area contributed by atoms with Crippen LogP contribution in [0.1, 0.15) is 26.3 Å². The molecule has 0 bridgehead atoms. The Balaban J connectivity index is 2.14. The topological polar surface area (TPSA) is 76.3 Å². The average Bonchev–Trinajstić information content (AvgIpc) is 2.71. The summed E-state index contributed by atoms with van der Waals surface area (Å²) in [5, 5.41) is 0. The highest BCUT2D eigenvalue weighted by Crippen LogP contribution is 2.29. The number of nitrogens with two attached hydrogens (primary N) is 1. The number of fused-ring (bicyclic) bond motifs is 1. The smallest absolute Gasteiger partial charge is 0.267 e. The summed E-state index contributed by atoms with van der Waals surface area (Å²) in [5.41, 5.74) is 7.66. The molecule has 0 saturated carbocycles. The van der Waals surface area contributed by atoms with E-state index in [-0.39, 0.29) is 18.4 Å². The number of aromatic nitrogens is 1. The maximum Gasteiger partial charge on any atom is 0.267 e. The number of amides is 2. The Bertz CT molecular complexity index is 647. The monoisotopic (exact) mass is 253 g/mol. The first-order chi connectivity index (χ1) is 9.24. The van der Waals surface area contributed by atoms with E-state index < -0.39 is 0 Å². The lowest BCUT2D eigenvalue weighted by Gasteiger charge is -2.17. The lowest BCUT2D eigenvalue weighted by molar-refractivity contribution is 0.0926. The van der Waals surface area contributed by atoms with E-state index in [4.69, 9.17) is 5.73 Å². The number of rotatable bonds is 2. The molecule has 0 fully saturated rings. The van der Waals surface area contributed by atoms with Crippen LogP contribution in [0.25, 0.3) is 0 Å². The summed E-state index contributed by atoms with van der Waals surface area (Å²) in [5.74, 6) is -0.683. The predicted molar refractivity (Wildman–Crippen MR) is 69.7 cm³/mol. The molecule has 1 aromatic carbocycles. The molecule has 19 heavy (non-hydrogen) atoms. The van der Waals surface area contributed by atoms with Crippen LogP contribution < -0.4 is 10.6 Å². The van der Waals surface area contributed by atoms with Gasteiger partial charge in [0, 0.05) is 18.9 Å². The van der Waals surface area contributed by atoms with E-state index in [0.717, 1.165) is 10.5 Å². The number of para-hydroxylation sites is 1. The van der Waals surface area contributed by atoms with Gasteiger partial charge < -0.3 is 5.73 Å². The first-order valence-electron chi connectivity index (χ1n) is 5.85. The Morgan fingerprint density at radius 2 is 1.79 bits per heavy atom. The average molecular weight is 253 g/mol. The van der Waals surface area contributed by atoms with Crippen LogP contribution in [0, 0.1) is 0 Å². The van der Waals surface area contributed by atoms with E-state index in [0.29, 0.717) is 16.8 Å². The van der Waals surface area contributed by atoms with Crippen molar-refractivity contribution in [1.82, 2.24) is 4.98 Å². The summed E-state index contributed by atoms with van der Waals surface area (Å²) < 4.78 is 0. The van der Waals surface area contributed by atoms with Crippen LogP contribution in [0.2, 0.25) is 0 Å². The molecule has 5 heteroatoms. The summed E-state index contributed by atoms with van der Waals surface area (Å²) in [6.07, 6.45) is 2.92. The zero-order valence-corrected chi connectivity index (χ0v) is 10.0. The zero-order valence-electron chi connectivity index (χ0n) is 10.0. The molecule has 0 unspecified atom stereocenters. The third-order valence-electron chi connectivity index (χ3n) is 3.14. The normalized spacial score (nSPS) is 13.8. The number of hydrogen-bond acceptors (Lipinski definition) is 4. The molecule has 2 N–H and O–H groups in total. The van der Waals surface area contributed by atoms with Gasteiger partial charge in [-0.25, -0.2) is 4.90 Å². The van der Waals surface area contributed by atoms with Gasteiger partial charge in [-0.3, -0.25) is 14.6 Å². The van der Waals surface area contributed by atoms with Crippen LogP contribution in [0.5, 0.6) is 0 Å². The number of anilines is 1. The minimum Gasteiger partial charge on any atom is -0.326 e. The summed E-state index contributed by atoms with van der Waals surface area (Å²) in [6, 6.07) is 8.68. The van der Waals surface area contributed by atoms with E-state index >= 15 is 0 Å². The van der Waals surface area contributed by atoms with Crippen molar-refractivity contribution < 1.29 is 9.59 Å². The molecular formula is C14H11N3O2. The fourth-order valence-electron chi connectivity index (χ4n) is 2.20. The fourth-order valence-corrected chi connectivity index (χ4v) is 2.20. The summed E-state index contributed by atoms with van der Waals surface area (Å²) in [6.45, 7) is 0.266. The molecule has 1 aromatic heterocycles. The van der Waals surface area contributed by atoms with Gasteiger partial charge in [0.2, 0.25) is 0 Å². The van der Waals surface area contributed by atoms with Crippen molar-refractivity contribution in [2.45, 2.75) is 6.54 Å². The van der Waals surface area contributed by atoms with Crippen LogP contribution in [-0.4, -0.2) is 16.8 Å². The summed E-state index contributed by atoms with van der Waals surface area (Å²) in [7, 11) is 0. The maximum atomic E-state index is 12.3. The predicted octanol–water partition coefficient (Wildman–Crippen LogP) is 1.34. The van der Waals surface area contributed by atoms with Crippen molar-refractivity contribution in [3.8, 4) is 0 Å². The van der Waals surface area contributed by atoms with Crippen molar-refractivity contribution in [3.63, 3.8) is 0 Å². The first kappa shape index (κ1) is 11.6. The third kappa shape index (κ3) is 1.63. The minimum absolute atomic E-state index is 0.266. The van der Waals surface area contributed by atoms with Gasteiger partial charge in [-0.15, -0.1) is 0 Å². The Kier molecular flexibility index (Phi) is 2.61. The van der Waals surface area contributed by atoms with Crippen molar-refractivity contribution in [2.75, 3.05) is 4.90 Å². The standard InChI is InChI=1S/C14H11N3O2/c15-7-9-3-1-2-4-12(9)17-13(18)10-5-6-16-8-11(10)14(17)19/h1-6,8H,7,15H2. The first-order valence-corrected chi connectivity index (χ1v) is 5.85. The molecule has 2 amide bonds. The molecular weight excluding hydrogens is 242 g/mol. The summed E-state index contributed by atoms with van der Waals surface area (Å²) >= 11 is 0. The van der Waals surface area contributed by atoms with Gasteiger partial charge in [-0.2, -0.15) is 0 Å². The van der Waals surface area contributed by atoms with Gasteiger partial charge >= 0.3 is 0 Å². The van der Waals surface area contributed by atoms with Gasteiger partial charge in [0.05, 0.1) is 16.8 Å². The van der Waals surface area contributed by atoms with Gasteiger partial charge in [0.1, 0.15) is 0 Å². The molecule has 94 valence electrons. The highest BCUT2D eigenvalue weighted by molar-refractivity contribution is 6.34. The van der Waals surface area contributed by atoms with Gasteiger partial charge in [-0.1, -0.05) is 18.2 Å². The lowest BCUT2D eigenvalue weighted by atomic mass is 10.1. The number of hydrogen-bond donors (Lipinski definition) is 1. The highest BCUT2D eigenvalue weighted by Gasteiger charge is 2.37. The number of benzene rings is 1. The quantitative estimate of drug-likeness (QED) is 0.819. The Labute approximate surface area is 109 Å². The number of carbonyl (C=O) groups excluding carboxylic acids is 2. The van der Waals surface area contributed by atoms with Crippen LogP contribution in [0.3, 0.4) is 0 Å². The van der Waals surface area contributed by atoms with E-state index in [9.17, 15) is 9.59 Å². The Morgan fingerprint density at radius 3 is 2.53 bits per heavy atom. The molecule has 0 radical (unpaired) electrons. The number of carbonyl (C=O) groups is 2. The number of imide groups is 1. The number of nitrogens with zero attached hydrogens (tertiary/aromatic N) is 2. The second-order valence-electron chi connectivity index (χ2n) is 4.20. The van der Waals surface area contributed by atoms with E-state index in [1.807, 2.05) is 6.07 Å². The van der Waals surface area contributed by atoms with Gasteiger partial charge in [0.15, 0.2) is 0 Å². The largest absolute Gasteiger partial charge is 0.326 e. The van der Waals surface area contributed by atoms with E-state index in [1.165, 1.54) is 12.4 Å². The van der Waals surface area contributed by atoms with Gasteiger partial charge in [0.25, 0.3) is 11.8 Å². The van der Waals surface area contributed by atoms with Crippen LogP contribution >= 0.6 is 0 Å². The van der Waals surface area contributed by atoms with E-state index in [2.05, 4.69) is 4.98 Å². The molecule has 0 spiro atoms. The van der Waals surface area contributed by atoms with Crippen LogP contribution in [0.15, 0.2) is 42.7 Å². The second-order valence-corrected chi connectivity index (χ2v) is 4.20. The maximum absolute atomic E-state index is 12.3. The van der Waals surface area contributed by atoms with Crippen molar-refractivity contribution in [3.05, 3.63) is 59.4 Å². The molecule has 2 aromatic rings. The van der Waals surface area contributed by atoms with Crippen LogP contribution in [0.4, 0.5) is 5.69 Å². The highest BCUT2D eigenvalue weighted by atomic mass is 16.2. The molecule has 0 atom stereocenters. The fraction of sp³-hybridized carbons (Fsp3) is 0.0714. The molecule has 5 nitrogen and oxygen atoms in total. The molecule has 3 rings (SSSR count). The molecule has 0 aliphatic carbocycles. The molecule has 0 saturated heterocycles. The lowest BCUT2D eigenvalue weighted by Crippen LogP contribution is -2.30.